The van der Waals surface area contributed by atoms with Crippen LogP contribution in [-0.4, -0.2) is 39.9 Å². The number of allylic oxidation sites excluding steroid dienone is 2. The maximum atomic E-state index is 12.9. The normalized spacial score (nSPS) is 18.3. The van der Waals surface area contributed by atoms with E-state index in [0.717, 1.165) is 4.90 Å². The Morgan fingerprint density at radius 3 is 2.69 bits per heavy atom. The van der Waals surface area contributed by atoms with Crippen LogP contribution < -0.4 is 5.32 Å². The van der Waals surface area contributed by atoms with Crippen molar-refractivity contribution in [2.24, 2.45) is 0 Å². The first-order chi connectivity index (χ1) is 13.6. The highest BCUT2D eigenvalue weighted by Crippen LogP contribution is 2.24. The molecular weight excluding hydrogens is 394 g/mol. The molecule has 8 heteroatoms. The molecule has 3 amide bonds. The van der Waals surface area contributed by atoms with Crippen molar-refractivity contribution in [3.05, 3.63) is 65.5 Å². The number of ether oxygens (including phenoxy) is 1. The van der Waals surface area contributed by atoms with E-state index in [0.29, 0.717) is 10.7 Å². The molecule has 29 heavy (non-hydrogen) atoms. The van der Waals surface area contributed by atoms with Gasteiger partial charge in [0, 0.05) is 24.7 Å². The van der Waals surface area contributed by atoms with Gasteiger partial charge in [-0.1, -0.05) is 42.5 Å². The predicted molar refractivity (Wildman–Crippen MR) is 110 cm³/mol. The van der Waals surface area contributed by atoms with Crippen LogP contribution in [0.4, 0.5) is 4.79 Å². The highest BCUT2D eigenvalue weighted by molar-refractivity contribution is 6.30. The summed E-state index contributed by atoms with van der Waals surface area (Å²) in [5, 5.41) is 3.02. The Bertz CT molecular complexity index is 854. The fraction of sp³-hybridized carbons (Fsp3) is 0.333. The summed E-state index contributed by atoms with van der Waals surface area (Å²) in [6, 6.07) is 2.34. The Labute approximate surface area is 175 Å². The molecule has 1 aromatic heterocycles. The van der Waals surface area contributed by atoms with E-state index in [1.807, 2.05) is 0 Å². The molecule has 0 fully saturated rings. The van der Waals surface area contributed by atoms with Crippen molar-refractivity contribution in [2.75, 3.05) is 6.54 Å². The molecule has 1 unspecified atom stereocenters. The zero-order chi connectivity index (χ0) is 21.6. The van der Waals surface area contributed by atoms with Gasteiger partial charge in [-0.25, -0.2) is 4.79 Å². The summed E-state index contributed by atoms with van der Waals surface area (Å²) in [6.45, 7) is 8.87. The minimum atomic E-state index is -0.864. The molecule has 154 valence electrons. The largest absolute Gasteiger partial charge is 0.444 e. The standard InChI is InChI=1S/C21H24ClN3O4/c1-14-8-6-5-7-9-18(26)25(19(14)27)17(16-11-10-15(22)12-23-16)13-24-20(28)29-21(2,3)4/h5-8,10-12,17H,1,9,13H2,2-4H3,(H,24,28)/b7-5-,8-6-. The van der Waals surface area contributed by atoms with Crippen molar-refractivity contribution in [2.45, 2.75) is 38.8 Å². The smallest absolute Gasteiger partial charge is 0.407 e. The summed E-state index contributed by atoms with van der Waals surface area (Å²) in [4.78, 5) is 43.2. The number of aromatic nitrogens is 1. The Kier molecular flexibility index (Phi) is 7.34. The molecule has 0 radical (unpaired) electrons. The van der Waals surface area contributed by atoms with Crippen molar-refractivity contribution in [3.63, 3.8) is 0 Å². The molecule has 1 aliphatic rings. The van der Waals surface area contributed by atoms with Crippen LogP contribution in [0.25, 0.3) is 0 Å². The van der Waals surface area contributed by atoms with Gasteiger partial charge in [0.25, 0.3) is 5.91 Å². The number of alkyl carbamates (subject to hydrolysis) is 1. The van der Waals surface area contributed by atoms with Gasteiger partial charge in [-0.2, -0.15) is 0 Å². The molecule has 0 saturated carbocycles. The zero-order valence-electron chi connectivity index (χ0n) is 16.6. The number of nitrogens with zero attached hydrogens (tertiary/aromatic N) is 2. The van der Waals surface area contributed by atoms with E-state index in [2.05, 4.69) is 16.9 Å². The van der Waals surface area contributed by atoms with Crippen molar-refractivity contribution in [1.29, 1.82) is 0 Å². The van der Waals surface area contributed by atoms with E-state index in [1.54, 1.807) is 51.1 Å². The zero-order valence-corrected chi connectivity index (χ0v) is 17.4. The Hall–Kier alpha value is -2.93. The quantitative estimate of drug-likeness (QED) is 0.595. The van der Waals surface area contributed by atoms with Gasteiger partial charge < -0.3 is 10.1 Å². The maximum absolute atomic E-state index is 12.9. The first kappa shape index (κ1) is 22.4. The van der Waals surface area contributed by atoms with Gasteiger partial charge in [0.15, 0.2) is 0 Å². The minimum Gasteiger partial charge on any atom is -0.444 e. The Balaban J connectivity index is 2.37. The van der Waals surface area contributed by atoms with E-state index in [9.17, 15) is 14.4 Å². The average Bonchev–Trinajstić information content (AvgIpc) is 2.68. The first-order valence-electron chi connectivity index (χ1n) is 9.05. The second-order valence-corrected chi connectivity index (χ2v) is 7.82. The summed E-state index contributed by atoms with van der Waals surface area (Å²) in [5.41, 5.74) is -0.153. The third-order valence-electron chi connectivity index (χ3n) is 3.84. The van der Waals surface area contributed by atoms with E-state index in [-0.39, 0.29) is 18.5 Å². The minimum absolute atomic E-state index is 0.0138. The third-order valence-corrected chi connectivity index (χ3v) is 4.06. The van der Waals surface area contributed by atoms with Gasteiger partial charge in [0.2, 0.25) is 5.91 Å². The monoisotopic (exact) mass is 417 g/mol. The number of nitrogens with one attached hydrogen (secondary N) is 1. The molecule has 0 aromatic carbocycles. The van der Waals surface area contributed by atoms with Crippen LogP contribution in [0.15, 0.2) is 54.8 Å². The number of hydrogen-bond acceptors (Lipinski definition) is 5. The topological polar surface area (TPSA) is 88.6 Å². The molecule has 7 nitrogen and oxygen atoms in total. The van der Waals surface area contributed by atoms with Gasteiger partial charge in [-0.05, 0) is 32.9 Å². The van der Waals surface area contributed by atoms with Crippen LogP contribution in [0.3, 0.4) is 0 Å². The molecule has 1 atom stereocenters. The van der Waals surface area contributed by atoms with E-state index >= 15 is 0 Å². The molecule has 0 saturated heterocycles. The number of carbonyl (C=O) groups is 3. The lowest BCUT2D eigenvalue weighted by Gasteiger charge is -2.30. The van der Waals surface area contributed by atoms with Gasteiger partial charge in [0.05, 0.1) is 16.8 Å². The van der Waals surface area contributed by atoms with Crippen molar-refractivity contribution in [1.82, 2.24) is 15.2 Å². The number of rotatable bonds is 4. The Morgan fingerprint density at radius 1 is 1.34 bits per heavy atom. The highest BCUT2D eigenvalue weighted by Gasteiger charge is 2.33. The SMILES string of the molecule is C=C1/C=C\C=C/CC(=O)N(C(CNC(=O)OC(C)(C)C)c2ccc(Cl)cn2)C1=O. The molecule has 1 aliphatic heterocycles. The lowest BCUT2D eigenvalue weighted by atomic mass is 10.1. The molecule has 2 rings (SSSR count). The second-order valence-electron chi connectivity index (χ2n) is 7.39. The molecule has 0 aliphatic carbocycles. The van der Waals surface area contributed by atoms with E-state index in [1.165, 1.54) is 12.3 Å². The number of amides is 3. The van der Waals surface area contributed by atoms with Crippen molar-refractivity contribution < 1.29 is 19.1 Å². The maximum Gasteiger partial charge on any atom is 0.407 e. The van der Waals surface area contributed by atoms with Crippen LogP contribution in [-0.2, 0) is 14.3 Å². The van der Waals surface area contributed by atoms with Gasteiger partial charge in [-0.3, -0.25) is 19.5 Å². The van der Waals surface area contributed by atoms with Crippen LogP contribution in [0.5, 0.6) is 0 Å². The molecule has 2 heterocycles. The predicted octanol–water partition coefficient (Wildman–Crippen LogP) is 3.73. The van der Waals surface area contributed by atoms with Gasteiger partial charge >= 0.3 is 6.09 Å². The molecule has 1 aromatic rings. The number of imide groups is 1. The number of halogens is 1. The molecular formula is C21H24ClN3O4. The van der Waals surface area contributed by atoms with Crippen LogP contribution in [0.2, 0.25) is 5.02 Å². The van der Waals surface area contributed by atoms with Gasteiger partial charge in [0.1, 0.15) is 5.60 Å². The van der Waals surface area contributed by atoms with Crippen LogP contribution in [0.1, 0.15) is 38.9 Å². The Morgan fingerprint density at radius 2 is 2.07 bits per heavy atom. The lowest BCUT2D eigenvalue weighted by molar-refractivity contribution is -0.144. The number of carbonyl (C=O) groups excluding carboxylic acids is 3. The summed E-state index contributed by atoms with van der Waals surface area (Å²) < 4.78 is 5.25. The van der Waals surface area contributed by atoms with Crippen molar-refractivity contribution >= 4 is 29.5 Å². The highest BCUT2D eigenvalue weighted by atomic mass is 35.5. The van der Waals surface area contributed by atoms with E-state index in [4.69, 9.17) is 16.3 Å². The molecule has 0 bridgehead atoms. The first-order valence-corrected chi connectivity index (χ1v) is 9.43. The average molecular weight is 418 g/mol. The van der Waals surface area contributed by atoms with Crippen LogP contribution in [0, 0.1) is 0 Å². The fourth-order valence-electron chi connectivity index (χ4n) is 2.58. The van der Waals surface area contributed by atoms with Crippen LogP contribution >= 0.6 is 11.6 Å². The summed E-state index contributed by atoms with van der Waals surface area (Å²) in [7, 11) is 0. The second kappa shape index (κ2) is 9.52. The number of hydrogen-bond donors (Lipinski definition) is 1. The van der Waals surface area contributed by atoms with E-state index < -0.39 is 29.6 Å². The molecule has 0 spiro atoms. The third kappa shape index (κ3) is 6.57. The lowest BCUT2D eigenvalue weighted by Crippen LogP contribution is -2.46. The molecule has 1 N–H and O–H groups in total. The summed E-state index contributed by atoms with van der Waals surface area (Å²) in [6.07, 6.45) is 7.25. The summed E-state index contributed by atoms with van der Waals surface area (Å²) in [5.74, 6) is -1.01. The number of pyridine rings is 1. The summed E-state index contributed by atoms with van der Waals surface area (Å²) >= 11 is 5.92. The fourth-order valence-corrected chi connectivity index (χ4v) is 2.69. The van der Waals surface area contributed by atoms with Crippen molar-refractivity contribution in [3.8, 4) is 0 Å². The van der Waals surface area contributed by atoms with Gasteiger partial charge in [-0.15, -0.1) is 0 Å².